The van der Waals surface area contributed by atoms with Crippen molar-refractivity contribution in [2.45, 2.75) is 44.2 Å². The molecule has 0 radical (unpaired) electrons. The van der Waals surface area contributed by atoms with E-state index in [1.807, 2.05) is 7.11 Å². The lowest BCUT2D eigenvalue weighted by Crippen LogP contribution is -2.49. The van der Waals surface area contributed by atoms with Crippen molar-refractivity contribution in [2.24, 2.45) is 5.92 Å². The molecule has 15 heavy (non-hydrogen) atoms. The summed E-state index contributed by atoms with van der Waals surface area (Å²) < 4.78 is 11.1. The van der Waals surface area contributed by atoms with Crippen LogP contribution >= 0.6 is 0 Å². The summed E-state index contributed by atoms with van der Waals surface area (Å²) in [6.45, 7) is 4.95. The zero-order chi connectivity index (χ0) is 10.7. The Labute approximate surface area is 92.5 Å². The van der Waals surface area contributed by atoms with Gasteiger partial charge in [-0.15, -0.1) is 0 Å². The average molecular weight is 213 g/mol. The summed E-state index contributed by atoms with van der Waals surface area (Å²) in [6.07, 6.45) is 4.84. The molecule has 0 aromatic rings. The van der Waals surface area contributed by atoms with E-state index in [0.29, 0.717) is 6.04 Å². The van der Waals surface area contributed by atoms with Crippen molar-refractivity contribution in [1.29, 1.82) is 0 Å². The average Bonchev–Trinajstić information content (AvgIpc) is 3.11. The molecule has 1 heterocycles. The quantitative estimate of drug-likeness (QED) is 0.752. The zero-order valence-corrected chi connectivity index (χ0v) is 9.92. The Morgan fingerprint density at radius 1 is 1.40 bits per heavy atom. The van der Waals surface area contributed by atoms with Gasteiger partial charge >= 0.3 is 0 Å². The standard InChI is InChI=1S/C12H23NO2/c1-10(11-3-4-11)13-9-12(14-2)5-7-15-8-6-12/h10-11,13H,3-9H2,1-2H3. The fraction of sp³-hybridized carbons (Fsp3) is 1.00. The lowest BCUT2D eigenvalue weighted by molar-refractivity contribution is -0.0886. The van der Waals surface area contributed by atoms with E-state index in [-0.39, 0.29) is 5.60 Å². The second-order valence-electron chi connectivity index (χ2n) is 5.01. The summed E-state index contributed by atoms with van der Waals surface area (Å²) in [6, 6.07) is 0.653. The highest BCUT2D eigenvalue weighted by Crippen LogP contribution is 2.33. The van der Waals surface area contributed by atoms with Crippen LogP contribution in [0.1, 0.15) is 32.6 Å². The Balaban J connectivity index is 1.78. The van der Waals surface area contributed by atoms with Gasteiger partial charge in [0.05, 0.1) is 5.60 Å². The van der Waals surface area contributed by atoms with Crippen LogP contribution in [0.2, 0.25) is 0 Å². The van der Waals surface area contributed by atoms with Crippen molar-refractivity contribution in [3.05, 3.63) is 0 Å². The Morgan fingerprint density at radius 3 is 2.60 bits per heavy atom. The van der Waals surface area contributed by atoms with E-state index in [4.69, 9.17) is 9.47 Å². The van der Waals surface area contributed by atoms with E-state index >= 15 is 0 Å². The Morgan fingerprint density at radius 2 is 2.07 bits per heavy atom. The number of hydrogen-bond acceptors (Lipinski definition) is 3. The highest BCUT2D eigenvalue weighted by atomic mass is 16.5. The van der Waals surface area contributed by atoms with Crippen LogP contribution in [0.5, 0.6) is 0 Å². The van der Waals surface area contributed by atoms with Crippen LogP contribution in [0.15, 0.2) is 0 Å². The molecule has 3 heteroatoms. The largest absolute Gasteiger partial charge is 0.381 e. The number of ether oxygens (including phenoxy) is 2. The molecule has 3 nitrogen and oxygen atoms in total. The van der Waals surface area contributed by atoms with Gasteiger partial charge < -0.3 is 14.8 Å². The van der Waals surface area contributed by atoms with Crippen molar-refractivity contribution in [3.8, 4) is 0 Å². The third-order valence-electron chi connectivity index (χ3n) is 3.91. The number of hydrogen-bond donors (Lipinski definition) is 1. The zero-order valence-electron chi connectivity index (χ0n) is 9.92. The second-order valence-corrected chi connectivity index (χ2v) is 5.01. The Bertz CT molecular complexity index is 198. The SMILES string of the molecule is COC1(CNC(C)C2CC2)CCOCC1. The third kappa shape index (κ3) is 2.92. The number of rotatable bonds is 5. The first-order chi connectivity index (χ1) is 7.26. The van der Waals surface area contributed by atoms with Crippen molar-refractivity contribution in [2.75, 3.05) is 26.9 Å². The molecule has 1 saturated heterocycles. The number of nitrogens with one attached hydrogen (secondary N) is 1. The maximum atomic E-state index is 5.69. The predicted octanol–water partition coefficient (Wildman–Crippen LogP) is 1.57. The lowest BCUT2D eigenvalue weighted by Gasteiger charge is -2.37. The molecule has 1 unspecified atom stereocenters. The number of methoxy groups -OCH3 is 1. The molecule has 1 atom stereocenters. The van der Waals surface area contributed by atoms with E-state index in [1.54, 1.807) is 0 Å². The van der Waals surface area contributed by atoms with Crippen LogP contribution in [0.4, 0.5) is 0 Å². The minimum Gasteiger partial charge on any atom is -0.381 e. The van der Waals surface area contributed by atoms with Crippen molar-refractivity contribution in [1.82, 2.24) is 5.32 Å². The van der Waals surface area contributed by atoms with Crippen LogP contribution < -0.4 is 5.32 Å². The van der Waals surface area contributed by atoms with Crippen molar-refractivity contribution >= 4 is 0 Å². The van der Waals surface area contributed by atoms with Gasteiger partial charge in [-0.3, -0.25) is 0 Å². The van der Waals surface area contributed by atoms with Gasteiger partial charge in [-0.25, -0.2) is 0 Å². The molecule has 2 aliphatic rings. The highest BCUT2D eigenvalue weighted by molar-refractivity contribution is 4.89. The molecule has 2 fully saturated rings. The molecule has 0 spiro atoms. The van der Waals surface area contributed by atoms with E-state index in [9.17, 15) is 0 Å². The smallest absolute Gasteiger partial charge is 0.0846 e. The van der Waals surface area contributed by atoms with E-state index in [1.165, 1.54) is 12.8 Å². The van der Waals surface area contributed by atoms with Gasteiger partial charge in [0.2, 0.25) is 0 Å². The topological polar surface area (TPSA) is 30.5 Å². The van der Waals surface area contributed by atoms with Crippen LogP contribution in [0, 0.1) is 5.92 Å². The van der Waals surface area contributed by atoms with E-state index in [2.05, 4.69) is 12.2 Å². The molecular formula is C12H23NO2. The first-order valence-electron chi connectivity index (χ1n) is 6.12. The van der Waals surface area contributed by atoms with Crippen molar-refractivity contribution in [3.63, 3.8) is 0 Å². The Kier molecular flexibility index (Phi) is 3.65. The van der Waals surface area contributed by atoms with E-state index < -0.39 is 0 Å². The van der Waals surface area contributed by atoms with Gasteiger partial charge in [-0.2, -0.15) is 0 Å². The third-order valence-corrected chi connectivity index (χ3v) is 3.91. The fourth-order valence-corrected chi connectivity index (χ4v) is 2.31. The van der Waals surface area contributed by atoms with Gasteiger partial charge in [0, 0.05) is 45.8 Å². The maximum absolute atomic E-state index is 5.69. The van der Waals surface area contributed by atoms with Crippen LogP contribution in [-0.4, -0.2) is 38.5 Å². The van der Waals surface area contributed by atoms with Gasteiger partial charge in [-0.1, -0.05) is 0 Å². The summed E-state index contributed by atoms with van der Waals surface area (Å²) in [7, 11) is 1.83. The molecular weight excluding hydrogens is 190 g/mol. The Hall–Kier alpha value is -0.120. The minimum absolute atomic E-state index is 0.0292. The molecule has 0 aromatic carbocycles. The maximum Gasteiger partial charge on any atom is 0.0846 e. The summed E-state index contributed by atoms with van der Waals surface area (Å²) >= 11 is 0. The van der Waals surface area contributed by atoms with E-state index in [0.717, 1.165) is 38.5 Å². The summed E-state index contributed by atoms with van der Waals surface area (Å²) in [5.41, 5.74) is 0.0292. The molecule has 1 aliphatic heterocycles. The van der Waals surface area contributed by atoms with Gasteiger partial charge in [0.15, 0.2) is 0 Å². The van der Waals surface area contributed by atoms with Crippen LogP contribution in [0.25, 0.3) is 0 Å². The second kappa shape index (κ2) is 4.81. The normalized spacial score (nSPS) is 27.6. The summed E-state index contributed by atoms with van der Waals surface area (Å²) in [5.74, 6) is 0.916. The molecule has 0 bridgehead atoms. The van der Waals surface area contributed by atoms with Gasteiger partial charge in [0.25, 0.3) is 0 Å². The predicted molar refractivity (Wildman–Crippen MR) is 60.0 cm³/mol. The first-order valence-corrected chi connectivity index (χ1v) is 6.12. The summed E-state index contributed by atoms with van der Waals surface area (Å²) in [5, 5.41) is 3.63. The lowest BCUT2D eigenvalue weighted by atomic mass is 9.93. The molecule has 0 amide bonds. The molecule has 1 saturated carbocycles. The molecule has 88 valence electrons. The summed E-state index contributed by atoms with van der Waals surface area (Å²) in [4.78, 5) is 0. The van der Waals surface area contributed by atoms with Crippen LogP contribution in [-0.2, 0) is 9.47 Å². The first kappa shape index (κ1) is 11.4. The monoisotopic (exact) mass is 213 g/mol. The highest BCUT2D eigenvalue weighted by Gasteiger charge is 2.34. The van der Waals surface area contributed by atoms with Crippen molar-refractivity contribution < 1.29 is 9.47 Å². The van der Waals surface area contributed by atoms with Gasteiger partial charge in [-0.05, 0) is 25.7 Å². The van der Waals surface area contributed by atoms with Gasteiger partial charge in [0.1, 0.15) is 0 Å². The molecule has 2 rings (SSSR count). The van der Waals surface area contributed by atoms with Crippen LogP contribution in [0.3, 0.4) is 0 Å². The fourth-order valence-electron chi connectivity index (χ4n) is 2.31. The molecule has 1 N–H and O–H groups in total. The minimum atomic E-state index is 0.0292. The molecule has 1 aliphatic carbocycles. The molecule has 0 aromatic heterocycles.